The van der Waals surface area contributed by atoms with Crippen LogP contribution >= 0.6 is 22.9 Å². The third kappa shape index (κ3) is 2.72. The van der Waals surface area contributed by atoms with Crippen LogP contribution in [0.1, 0.15) is 23.4 Å². The molecule has 0 radical (unpaired) electrons. The predicted molar refractivity (Wildman–Crippen MR) is 52.9 cm³/mol. The quantitative estimate of drug-likeness (QED) is 0.705. The van der Waals surface area contributed by atoms with Crippen LogP contribution in [0.3, 0.4) is 0 Å². The van der Waals surface area contributed by atoms with Crippen molar-refractivity contribution in [2.45, 2.75) is 26.7 Å². The minimum atomic E-state index is 0.555. The zero-order chi connectivity index (χ0) is 8.97. The van der Waals surface area contributed by atoms with Crippen LogP contribution in [-0.2, 0) is 6.42 Å². The van der Waals surface area contributed by atoms with E-state index >= 15 is 0 Å². The summed E-state index contributed by atoms with van der Waals surface area (Å²) in [5.74, 6) is 1.27. The van der Waals surface area contributed by atoms with Gasteiger partial charge >= 0.3 is 0 Å². The summed E-state index contributed by atoms with van der Waals surface area (Å²) in [6, 6.07) is 0. The molecular weight excluding hydrogens is 192 g/mol. The molecule has 0 bridgehead atoms. The zero-order valence-corrected chi connectivity index (χ0v) is 8.95. The van der Waals surface area contributed by atoms with Gasteiger partial charge in [-0.2, -0.15) is 0 Å². The predicted octanol–water partition coefficient (Wildman–Crippen LogP) is 2.65. The molecule has 0 amide bonds. The van der Waals surface area contributed by atoms with Gasteiger partial charge in [-0.05, 0) is 12.8 Å². The Balaban J connectivity index is 2.50. The summed E-state index contributed by atoms with van der Waals surface area (Å²) in [5.41, 5.74) is 0. The van der Waals surface area contributed by atoms with E-state index in [0.717, 1.165) is 28.7 Å². The van der Waals surface area contributed by atoms with Crippen molar-refractivity contribution in [3.05, 3.63) is 10.0 Å². The monoisotopic (exact) mass is 204 g/mol. The highest BCUT2D eigenvalue weighted by Gasteiger charge is 2.08. The molecule has 0 aromatic carbocycles. The maximum absolute atomic E-state index is 5.78. The van der Waals surface area contributed by atoms with Gasteiger partial charge in [-0.25, -0.2) is 0 Å². The molecule has 0 spiro atoms. The maximum atomic E-state index is 5.78. The number of nitrogens with zero attached hydrogens (tertiary/aromatic N) is 2. The van der Waals surface area contributed by atoms with E-state index in [4.69, 9.17) is 11.6 Å². The Morgan fingerprint density at radius 2 is 2.25 bits per heavy atom. The maximum Gasteiger partial charge on any atom is 0.117 e. The number of aromatic nitrogens is 2. The molecule has 0 saturated carbocycles. The minimum absolute atomic E-state index is 0.555. The van der Waals surface area contributed by atoms with E-state index in [0.29, 0.717) is 5.92 Å². The molecule has 0 N–H and O–H groups in total. The number of alkyl halides is 1. The van der Waals surface area contributed by atoms with Gasteiger partial charge in [-0.1, -0.05) is 13.3 Å². The fraction of sp³-hybridized carbons (Fsp3) is 0.750. The van der Waals surface area contributed by atoms with Gasteiger partial charge < -0.3 is 0 Å². The van der Waals surface area contributed by atoms with Crippen LogP contribution in [-0.4, -0.2) is 16.1 Å². The van der Waals surface area contributed by atoms with Crippen molar-refractivity contribution in [3.63, 3.8) is 0 Å². The first kappa shape index (κ1) is 9.93. The molecule has 12 heavy (non-hydrogen) atoms. The van der Waals surface area contributed by atoms with Gasteiger partial charge in [0.2, 0.25) is 0 Å². The first-order chi connectivity index (χ1) is 5.76. The summed E-state index contributed by atoms with van der Waals surface area (Å²) < 4.78 is 0. The van der Waals surface area contributed by atoms with Crippen LogP contribution in [0.25, 0.3) is 0 Å². The summed E-state index contributed by atoms with van der Waals surface area (Å²) >= 11 is 7.45. The second-order valence-electron chi connectivity index (χ2n) is 2.85. The fourth-order valence-corrected chi connectivity index (χ4v) is 2.13. The molecule has 2 nitrogen and oxygen atoms in total. The molecule has 0 aliphatic rings. The summed E-state index contributed by atoms with van der Waals surface area (Å²) in [4.78, 5) is 0. The third-order valence-corrected chi connectivity index (χ3v) is 3.12. The average Bonchev–Trinajstić information content (AvgIpc) is 2.47. The van der Waals surface area contributed by atoms with Crippen LogP contribution in [0.5, 0.6) is 0 Å². The first-order valence-corrected chi connectivity index (χ1v) is 5.46. The van der Waals surface area contributed by atoms with Crippen LogP contribution in [0, 0.1) is 12.8 Å². The van der Waals surface area contributed by atoms with Crippen molar-refractivity contribution < 1.29 is 0 Å². The van der Waals surface area contributed by atoms with E-state index in [9.17, 15) is 0 Å². The molecule has 1 aromatic heterocycles. The van der Waals surface area contributed by atoms with Gasteiger partial charge in [0.15, 0.2) is 0 Å². The molecule has 1 atom stereocenters. The average molecular weight is 205 g/mol. The van der Waals surface area contributed by atoms with Crippen molar-refractivity contribution in [1.82, 2.24) is 10.2 Å². The number of rotatable bonds is 4. The lowest BCUT2D eigenvalue weighted by Crippen LogP contribution is -2.04. The zero-order valence-electron chi connectivity index (χ0n) is 7.38. The molecule has 4 heteroatoms. The molecule has 0 fully saturated rings. The Hall–Kier alpha value is -0.150. The van der Waals surface area contributed by atoms with Crippen molar-refractivity contribution in [2.75, 3.05) is 5.88 Å². The van der Waals surface area contributed by atoms with Gasteiger partial charge in [-0.15, -0.1) is 33.1 Å². The highest BCUT2D eigenvalue weighted by Crippen LogP contribution is 2.16. The summed E-state index contributed by atoms with van der Waals surface area (Å²) in [6.07, 6.45) is 2.09. The number of hydrogen-bond donors (Lipinski definition) is 0. The fourth-order valence-electron chi connectivity index (χ4n) is 0.975. The molecule has 1 rings (SSSR count). The molecule has 1 aromatic rings. The Labute approximate surface area is 82.0 Å². The SMILES string of the molecule is CCC(CCl)Cc1nnc(C)s1. The number of aryl methyl sites for hydroxylation is 1. The molecule has 1 unspecified atom stereocenters. The Morgan fingerprint density at radius 1 is 1.50 bits per heavy atom. The highest BCUT2D eigenvalue weighted by atomic mass is 35.5. The smallest absolute Gasteiger partial charge is 0.117 e. The topological polar surface area (TPSA) is 25.8 Å². The van der Waals surface area contributed by atoms with Gasteiger partial charge in [-0.3, -0.25) is 0 Å². The van der Waals surface area contributed by atoms with Gasteiger partial charge in [0, 0.05) is 12.3 Å². The van der Waals surface area contributed by atoms with E-state index in [1.54, 1.807) is 11.3 Å². The van der Waals surface area contributed by atoms with Crippen molar-refractivity contribution in [1.29, 1.82) is 0 Å². The second-order valence-corrected chi connectivity index (χ2v) is 4.42. The molecule has 0 aliphatic heterocycles. The standard InChI is InChI=1S/C8H13ClN2S/c1-3-7(5-9)4-8-11-10-6(2)12-8/h7H,3-5H2,1-2H3. The van der Waals surface area contributed by atoms with Crippen LogP contribution in [0.15, 0.2) is 0 Å². The van der Waals surface area contributed by atoms with Gasteiger partial charge in [0.05, 0.1) is 0 Å². The van der Waals surface area contributed by atoms with E-state index in [1.807, 2.05) is 6.92 Å². The molecule has 0 aliphatic carbocycles. The molecule has 1 heterocycles. The Kier molecular flexibility index (Phi) is 3.95. The lowest BCUT2D eigenvalue weighted by atomic mass is 10.1. The van der Waals surface area contributed by atoms with Crippen LogP contribution in [0.2, 0.25) is 0 Å². The molecule has 68 valence electrons. The van der Waals surface area contributed by atoms with Crippen LogP contribution < -0.4 is 0 Å². The third-order valence-electron chi connectivity index (χ3n) is 1.83. The molecular formula is C8H13ClN2S. The van der Waals surface area contributed by atoms with Crippen molar-refractivity contribution in [3.8, 4) is 0 Å². The Morgan fingerprint density at radius 3 is 2.67 bits per heavy atom. The van der Waals surface area contributed by atoms with Crippen molar-refractivity contribution in [2.24, 2.45) is 5.92 Å². The van der Waals surface area contributed by atoms with E-state index in [2.05, 4.69) is 17.1 Å². The summed E-state index contributed by atoms with van der Waals surface area (Å²) in [5, 5.41) is 10.2. The first-order valence-electron chi connectivity index (χ1n) is 4.11. The molecule has 0 saturated heterocycles. The second kappa shape index (κ2) is 4.77. The number of hydrogen-bond acceptors (Lipinski definition) is 3. The van der Waals surface area contributed by atoms with Crippen LogP contribution in [0.4, 0.5) is 0 Å². The van der Waals surface area contributed by atoms with E-state index in [1.165, 1.54) is 0 Å². The largest absolute Gasteiger partial charge is 0.144 e. The summed E-state index contributed by atoms with van der Waals surface area (Å²) in [7, 11) is 0. The van der Waals surface area contributed by atoms with E-state index in [-0.39, 0.29) is 0 Å². The number of halogens is 1. The highest BCUT2D eigenvalue weighted by molar-refractivity contribution is 7.11. The summed E-state index contributed by atoms with van der Waals surface area (Å²) in [6.45, 7) is 4.13. The van der Waals surface area contributed by atoms with Gasteiger partial charge in [0.25, 0.3) is 0 Å². The van der Waals surface area contributed by atoms with Gasteiger partial charge in [0.1, 0.15) is 10.0 Å². The Bertz CT molecular complexity index is 233. The lowest BCUT2D eigenvalue weighted by Gasteiger charge is -2.06. The van der Waals surface area contributed by atoms with E-state index < -0.39 is 0 Å². The van der Waals surface area contributed by atoms with Crippen molar-refractivity contribution >= 4 is 22.9 Å². The normalized spacial score (nSPS) is 13.2. The minimum Gasteiger partial charge on any atom is -0.144 e. The lowest BCUT2D eigenvalue weighted by molar-refractivity contribution is 0.562.